The predicted molar refractivity (Wildman–Crippen MR) is 60.8 cm³/mol. The van der Waals surface area contributed by atoms with Gasteiger partial charge in [0.15, 0.2) is 0 Å². The highest BCUT2D eigenvalue weighted by molar-refractivity contribution is 5.75. The van der Waals surface area contributed by atoms with Gasteiger partial charge in [-0.1, -0.05) is 0 Å². The van der Waals surface area contributed by atoms with Crippen molar-refractivity contribution in [2.45, 2.75) is 19.5 Å². The molecule has 0 bridgehead atoms. The van der Waals surface area contributed by atoms with Gasteiger partial charge in [-0.3, -0.25) is 9.69 Å². The van der Waals surface area contributed by atoms with Crippen molar-refractivity contribution in [3.8, 4) is 0 Å². The first kappa shape index (κ1) is 11.6. The second kappa shape index (κ2) is 4.33. The molecule has 1 saturated heterocycles. The predicted octanol–water partition coefficient (Wildman–Crippen LogP) is -0.415. The third kappa shape index (κ3) is 1.89. The average Bonchev–Trinajstić information content (AvgIpc) is 2.97. The van der Waals surface area contributed by atoms with E-state index >= 15 is 0 Å². The Balaban J connectivity index is 1.72. The topological polar surface area (TPSA) is 80.5 Å². The summed E-state index contributed by atoms with van der Waals surface area (Å²) in [6.45, 7) is 3.69. The van der Waals surface area contributed by atoms with E-state index in [2.05, 4.69) is 15.1 Å². The number of aliphatic carboxylic acids is 1. The Labute approximate surface area is 104 Å². The summed E-state index contributed by atoms with van der Waals surface area (Å²) in [7, 11) is 0. The standard InChI is InChI=1S/C11H16N4O3/c16-10(17)11(1-4-18-7-11)6-14-2-3-15-8-12-13-9(15)5-14/h8H,1-7H2,(H,16,17). The minimum atomic E-state index is -0.757. The van der Waals surface area contributed by atoms with Crippen LogP contribution < -0.4 is 0 Å². The third-order valence-corrected chi connectivity index (χ3v) is 3.80. The number of carboxylic acids is 1. The second-order valence-corrected chi connectivity index (χ2v) is 5.04. The van der Waals surface area contributed by atoms with Crippen molar-refractivity contribution in [1.29, 1.82) is 0 Å². The first-order chi connectivity index (χ1) is 8.70. The van der Waals surface area contributed by atoms with Gasteiger partial charge in [0.2, 0.25) is 0 Å². The molecule has 3 heterocycles. The van der Waals surface area contributed by atoms with Gasteiger partial charge in [0, 0.05) is 26.2 Å². The van der Waals surface area contributed by atoms with Crippen molar-refractivity contribution in [1.82, 2.24) is 19.7 Å². The number of hydrogen-bond donors (Lipinski definition) is 1. The normalized spacial score (nSPS) is 28.2. The van der Waals surface area contributed by atoms with Gasteiger partial charge in [0.25, 0.3) is 0 Å². The lowest BCUT2D eigenvalue weighted by atomic mass is 9.86. The van der Waals surface area contributed by atoms with Crippen molar-refractivity contribution in [3.63, 3.8) is 0 Å². The molecule has 1 fully saturated rings. The highest BCUT2D eigenvalue weighted by Gasteiger charge is 2.44. The summed E-state index contributed by atoms with van der Waals surface area (Å²) in [5.74, 6) is 0.146. The van der Waals surface area contributed by atoms with Crippen molar-refractivity contribution < 1.29 is 14.6 Å². The van der Waals surface area contributed by atoms with E-state index in [0.29, 0.717) is 32.7 Å². The Morgan fingerprint density at radius 3 is 3.17 bits per heavy atom. The van der Waals surface area contributed by atoms with Crippen molar-refractivity contribution >= 4 is 5.97 Å². The lowest BCUT2D eigenvalue weighted by molar-refractivity contribution is -0.150. The number of aromatic nitrogens is 3. The van der Waals surface area contributed by atoms with E-state index in [1.807, 2.05) is 4.57 Å². The summed E-state index contributed by atoms with van der Waals surface area (Å²) in [6, 6.07) is 0. The summed E-state index contributed by atoms with van der Waals surface area (Å²) >= 11 is 0. The number of ether oxygens (including phenoxy) is 1. The monoisotopic (exact) mass is 252 g/mol. The maximum atomic E-state index is 11.5. The lowest BCUT2D eigenvalue weighted by Gasteiger charge is -2.33. The number of nitrogens with zero attached hydrogens (tertiary/aromatic N) is 4. The fourth-order valence-electron chi connectivity index (χ4n) is 2.65. The zero-order chi connectivity index (χ0) is 12.6. The molecular formula is C11H16N4O3. The van der Waals surface area contributed by atoms with Crippen LogP contribution >= 0.6 is 0 Å². The number of carbonyl (C=O) groups is 1. The highest BCUT2D eigenvalue weighted by atomic mass is 16.5. The summed E-state index contributed by atoms with van der Waals surface area (Å²) in [5.41, 5.74) is -0.748. The van der Waals surface area contributed by atoms with Crippen LogP contribution in [-0.2, 0) is 22.6 Å². The minimum Gasteiger partial charge on any atom is -0.481 e. The Morgan fingerprint density at radius 2 is 2.44 bits per heavy atom. The first-order valence-electron chi connectivity index (χ1n) is 6.10. The number of fused-ring (bicyclic) bond motifs is 1. The van der Waals surface area contributed by atoms with Crippen molar-refractivity contribution in [2.24, 2.45) is 5.41 Å². The molecule has 2 aliphatic heterocycles. The molecule has 3 rings (SSSR count). The number of hydrogen-bond acceptors (Lipinski definition) is 5. The van der Waals surface area contributed by atoms with Crippen LogP contribution in [0, 0.1) is 5.41 Å². The van der Waals surface area contributed by atoms with E-state index in [-0.39, 0.29) is 0 Å². The molecule has 0 aliphatic carbocycles. The fourth-order valence-corrected chi connectivity index (χ4v) is 2.65. The third-order valence-electron chi connectivity index (χ3n) is 3.80. The fraction of sp³-hybridized carbons (Fsp3) is 0.727. The smallest absolute Gasteiger partial charge is 0.313 e. The SMILES string of the molecule is O=C(O)C1(CN2CCn3cnnc3C2)CCOC1. The van der Waals surface area contributed by atoms with Crippen LogP contribution in [0.5, 0.6) is 0 Å². The second-order valence-electron chi connectivity index (χ2n) is 5.04. The van der Waals surface area contributed by atoms with Crippen molar-refractivity contribution in [3.05, 3.63) is 12.2 Å². The summed E-state index contributed by atoms with van der Waals surface area (Å²) in [6.07, 6.45) is 2.31. The Bertz CT molecular complexity index is 453. The lowest BCUT2D eigenvalue weighted by Crippen LogP contribution is -2.46. The highest BCUT2D eigenvalue weighted by Crippen LogP contribution is 2.31. The van der Waals surface area contributed by atoms with Gasteiger partial charge in [0.1, 0.15) is 17.6 Å². The molecule has 1 N–H and O–H groups in total. The average molecular weight is 252 g/mol. The number of carboxylic acid groups (broad SMARTS) is 1. The molecule has 0 amide bonds. The quantitative estimate of drug-likeness (QED) is 0.787. The molecular weight excluding hydrogens is 236 g/mol. The molecule has 1 aromatic rings. The Morgan fingerprint density at radius 1 is 1.56 bits per heavy atom. The van der Waals surface area contributed by atoms with E-state index < -0.39 is 11.4 Å². The van der Waals surface area contributed by atoms with Crippen LogP contribution in [0.3, 0.4) is 0 Å². The molecule has 0 radical (unpaired) electrons. The van der Waals surface area contributed by atoms with E-state index in [9.17, 15) is 9.90 Å². The van der Waals surface area contributed by atoms with Crippen LogP contribution in [0.25, 0.3) is 0 Å². The molecule has 2 aliphatic rings. The van der Waals surface area contributed by atoms with Gasteiger partial charge in [-0.05, 0) is 6.42 Å². The zero-order valence-corrected chi connectivity index (χ0v) is 10.1. The largest absolute Gasteiger partial charge is 0.481 e. The maximum Gasteiger partial charge on any atom is 0.313 e. The molecule has 7 nitrogen and oxygen atoms in total. The van der Waals surface area contributed by atoms with Gasteiger partial charge in [-0.25, -0.2) is 0 Å². The summed E-state index contributed by atoms with van der Waals surface area (Å²) in [4.78, 5) is 13.6. The molecule has 0 aromatic carbocycles. The summed E-state index contributed by atoms with van der Waals surface area (Å²) < 4.78 is 7.29. The van der Waals surface area contributed by atoms with Crippen LogP contribution in [0.4, 0.5) is 0 Å². The van der Waals surface area contributed by atoms with E-state index in [1.54, 1.807) is 6.33 Å². The molecule has 0 spiro atoms. The van der Waals surface area contributed by atoms with Crippen LogP contribution in [-0.4, -0.2) is 57.0 Å². The van der Waals surface area contributed by atoms with Gasteiger partial charge >= 0.3 is 5.97 Å². The Hall–Kier alpha value is -1.47. The number of rotatable bonds is 3. The first-order valence-corrected chi connectivity index (χ1v) is 6.10. The van der Waals surface area contributed by atoms with Gasteiger partial charge in [0.05, 0.1) is 13.2 Å². The van der Waals surface area contributed by atoms with E-state index in [4.69, 9.17) is 4.74 Å². The minimum absolute atomic E-state index is 0.311. The molecule has 1 unspecified atom stereocenters. The van der Waals surface area contributed by atoms with Gasteiger partial charge in [-0.2, -0.15) is 0 Å². The molecule has 18 heavy (non-hydrogen) atoms. The van der Waals surface area contributed by atoms with Crippen LogP contribution in [0.15, 0.2) is 6.33 Å². The van der Waals surface area contributed by atoms with E-state index in [1.165, 1.54) is 0 Å². The zero-order valence-electron chi connectivity index (χ0n) is 10.1. The summed E-state index contributed by atoms with van der Waals surface area (Å²) in [5, 5.41) is 17.3. The molecule has 1 aromatic heterocycles. The van der Waals surface area contributed by atoms with Gasteiger partial charge in [-0.15, -0.1) is 10.2 Å². The van der Waals surface area contributed by atoms with Gasteiger partial charge < -0.3 is 14.4 Å². The molecule has 0 saturated carbocycles. The van der Waals surface area contributed by atoms with Crippen molar-refractivity contribution in [2.75, 3.05) is 26.3 Å². The van der Waals surface area contributed by atoms with Crippen LogP contribution in [0.1, 0.15) is 12.2 Å². The van der Waals surface area contributed by atoms with Crippen LogP contribution in [0.2, 0.25) is 0 Å². The maximum absolute atomic E-state index is 11.5. The molecule has 1 atom stereocenters. The molecule has 7 heteroatoms. The Kier molecular flexibility index (Phi) is 2.79. The van der Waals surface area contributed by atoms with E-state index in [0.717, 1.165) is 18.9 Å². The molecule has 98 valence electrons.